The normalized spacial score (nSPS) is 15.7. The molecular weight excluding hydrogens is 306 g/mol. The number of piperidine rings is 1. The highest BCUT2D eigenvalue weighted by molar-refractivity contribution is 9.10. The van der Waals surface area contributed by atoms with Crippen molar-refractivity contribution in [1.82, 2.24) is 4.90 Å². The van der Waals surface area contributed by atoms with Crippen LogP contribution in [-0.4, -0.2) is 29.7 Å². The summed E-state index contributed by atoms with van der Waals surface area (Å²) in [5.41, 5.74) is 2.39. The van der Waals surface area contributed by atoms with Gasteiger partial charge in [-0.1, -0.05) is 22.0 Å². The number of amides is 1. The third-order valence-electron chi connectivity index (χ3n) is 3.52. The van der Waals surface area contributed by atoms with Crippen LogP contribution in [0.15, 0.2) is 22.7 Å². The summed E-state index contributed by atoms with van der Waals surface area (Å²) in [5.74, 6) is 0.269. The van der Waals surface area contributed by atoms with E-state index < -0.39 is 0 Å². The number of Topliss-reactive ketones (excluding diaryl/α,β-unsaturated/α-hetero) is 1. The number of hydrogen-bond donors (Lipinski definition) is 0. The molecule has 1 aromatic rings. The van der Waals surface area contributed by atoms with Gasteiger partial charge in [-0.05, 0) is 43.0 Å². The smallest absolute Gasteiger partial charge is 0.223 e. The number of hydrogen-bond acceptors (Lipinski definition) is 2. The predicted octanol–water partition coefficient (Wildman–Crippen LogP) is 2.88. The second kappa shape index (κ2) is 6.33. The van der Waals surface area contributed by atoms with Crippen LogP contribution < -0.4 is 0 Å². The summed E-state index contributed by atoms with van der Waals surface area (Å²) in [7, 11) is 0. The van der Waals surface area contributed by atoms with E-state index in [0.29, 0.717) is 19.4 Å². The van der Waals surface area contributed by atoms with Crippen molar-refractivity contribution < 1.29 is 9.59 Å². The van der Waals surface area contributed by atoms with Crippen molar-refractivity contribution in [3.05, 3.63) is 33.8 Å². The molecule has 0 spiro atoms. The maximum absolute atomic E-state index is 12.1. The van der Waals surface area contributed by atoms with Gasteiger partial charge >= 0.3 is 0 Å². The second-order valence-corrected chi connectivity index (χ2v) is 5.94. The van der Waals surface area contributed by atoms with Crippen LogP contribution in [0.3, 0.4) is 0 Å². The first-order chi connectivity index (χ1) is 9.06. The lowest BCUT2D eigenvalue weighted by Gasteiger charge is -2.25. The van der Waals surface area contributed by atoms with Gasteiger partial charge in [0.05, 0.1) is 6.54 Å². The average molecular weight is 324 g/mol. The van der Waals surface area contributed by atoms with Gasteiger partial charge in [0.15, 0.2) is 5.78 Å². The minimum absolute atomic E-state index is 0.0902. The average Bonchev–Trinajstić information content (AvgIpc) is 2.39. The van der Waals surface area contributed by atoms with E-state index in [-0.39, 0.29) is 11.7 Å². The highest BCUT2D eigenvalue weighted by Gasteiger charge is 2.21. The summed E-state index contributed by atoms with van der Waals surface area (Å²) in [6.45, 7) is 3.08. The van der Waals surface area contributed by atoms with Gasteiger partial charge in [0.25, 0.3) is 0 Å². The molecule has 0 atom stereocenters. The predicted molar refractivity (Wildman–Crippen MR) is 78.0 cm³/mol. The van der Waals surface area contributed by atoms with Gasteiger partial charge < -0.3 is 4.90 Å². The molecule has 0 N–H and O–H groups in total. The Morgan fingerprint density at radius 2 is 2.21 bits per heavy atom. The lowest BCUT2D eigenvalue weighted by molar-refractivity contribution is -0.137. The zero-order valence-corrected chi connectivity index (χ0v) is 12.7. The Hall–Kier alpha value is -1.16. The van der Waals surface area contributed by atoms with Gasteiger partial charge in [0.2, 0.25) is 5.91 Å². The number of carbonyl (C=O) groups excluding carboxylic acids is 2. The molecule has 1 aliphatic heterocycles. The Kier molecular flexibility index (Phi) is 4.75. The number of carbonyl (C=O) groups is 2. The molecule has 1 amide bonds. The van der Waals surface area contributed by atoms with Gasteiger partial charge in [-0.2, -0.15) is 0 Å². The number of nitrogens with zero attached hydrogens (tertiary/aromatic N) is 1. The zero-order chi connectivity index (χ0) is 13.8. The van der Waals surface area contributed by atoms with E-state index in [1.54, 1.807) is 4.90 Å². The molecule has 1 aromatic carbocycles. The molecule has 1 saturated heterocycles. The number of rotatable bonds is 3. The van der Waals surface area contributed by atoms with Crippen molar-refractivity contribution in [1.29, 1.82) is 0 Å². The lowest BCUT2D eigenvalue weighted by Crippen LogP contribution is -2.40. The standard InChI is InChI=1S/C15H18BrNO2/c1-11-4-6-13(16)9-12(11)5-7-15(19)17-8-2-3-14(18)10-17/h4,6,9H,2-3,5,7-8,10H2,1H3. The Balaban J connectivity index is 1.92. The molecule has 0 aliphatic carbocycles. The summed E-state index contributed by atoms with van der Waals surface area (Å²) in [4.78, 5) is 25.1. The Labute approximate surface area is 122 Å². The van der Waals surface area contributed by atoms with E-state index in [1.165, 1.54) is 11.1 Å². The third-order valence-corrected chi connectivity index (χ3v) is 4.02. The first-order valence-electron chi connectivity index (χ1n) is 6.61. The zero-order valence-electron chi connectivity index (χ0n) is 11.1. The van der Waals surface area contributed by atoms with Crippen LogP contribution in [0.5, 0.6) is 0 Å². The van der Waals surface area contributed by atoms with Gasteiger partial charge in [-0.15, -0.1) is 0 Å². The van der Waals surface area contributed by atoms with Gasteiger partial charge in [0.1, 0.15) is 0 Å². The lowest BCUT2D eigenvalue weighted by atomic mass is 10.0. The number of likely N-dealkylation sites (tertiary alicyclic amines) is 1. The topological polar surface area (TPSA) is 37.4 Å². The first-order valence-corrected chi connectivity index (χ1v) is 7.40. The Morgan fingerprint density at radius 1 is 1.42 bits per heavy atom. The molecule has 0 bridgehead atoms. The molecule has 3 nitrogen and oxygen atoms in total. The molecule has 1 fully saturated rings. The number of benzene rings is 1. The molecule has 0 saturated carbocycles. The molecule has 0 radical (unpaired) electrons. The minimum Gasteiger partial charge on any atom is -0.335 e. The highest BCUT2D eigenvalue weighted by Crippen LogP contribution is 2.18. The molecule has 102 valence electrons. The summed E-state index contributed by atoms with van der Waals surface area (Å²) in [5, 5.41) is 0. The van der Waals surface area contributed by atoms with Crippen molar-refractivity contribution in [2.24, 2.45) is 0 Å². The van der Waals surface area contributed by atoms with Crippen molar-refractivity contribution in [2.75, 3.05) is 13.1 Å². The van der Waals surface area contributed by atoms with Crippen LogP contribution >= 0.6 is 15.9 Å². The number of ketones is 1. The molecule has 2 rings (SSSR count). The number of aryl methyl sites for hydroxylation is 2. The fourth-order valence-corrected chi connectivity index (χ4v) is 2.77. The fraction of sp³-hybridized carbons (Fsp3) is 0.467. The van der Waals surface area contributed by atoms with Crippen LogP contribution in [0, 0.1) is 6.92 Å². The number of halogens is 1. The molecule has 19 heavy (non-hydrogen) atoms. The maximum atomic E-state index is 12.1. The van der Waals surface area contributed by atoms with E-state index in [2.05, 4.69) is 28.9 Å². The summed E-state index contributed by atoms with van der Waals surface area (Å²) >= 11 is 3.45. The first kappa shape index (κ1) is 14.3. The summed E-state index contributed by atoms with van der Waals surface area (Å²) in [6.07, 6.45) is 2.63. The van der Waals surface area contributed by atoms with Gasteiger partial charge in [-0.25, -0.2) is 0 Å². The van der Waals surface area contributed by atoms with Crippen LogP contribution in [0.1, 0.15) is 30.4 Å². The summed E-state index contributed by atoms with van der Waals surface area (Å²) in [6, 6.07) is 6.11. The van der Waals surface area contributed by atoms with Gasteiger partial charge in [0, 0.05) is 23.9 Å². The summed E-state index contributed by atoms with van der Waals surface area (Å²) < 4.78 is 1.04. The molecule has 1 aliphatic rings. The highest BCUT2D eigenvalue weighted by atomic mass is 79.9. The largest absolute Gasteiger partial charge is 0.335 e. The van der Waals surface area contributed by atoms with Gasteiger partial charge in [-0.3, -0.25) is 9.59 Å². The molecule has 1 heterocycles. The second-order valence-electron chi connectivity index (χ2n) is 5.03. The minimum atomic E-state index is 0.0902. The van der Waals surface area contributed by atoms with E-state index in [9.17, 15) is 9.59 Å². The Bertz CT molecular complexity index is 499. The van der Waals surface area contributed by atoms with Crippen molar-refractivity contribution in [2.45, 2.75) is 32.6 Å². The van der Waals surface area contributed by atoms with E-state index in [4.69, 9.17) is 0 Å². The molecule has 0 unspecified atom stereocenters. The van der Waals surface area contributed by atoms with E-state index >= 15 is 0 Å². The van der Waals surface area contributed by atoms with Crippen LogP contribution in [0.25, 0.3) is 0 Å². The fourth-order valence-electron chi connectivity index (χ4n) is 2.36. The third kappa shape index (κ3) is 3.90. The maximum Gasteiger partial charge on any atom is 0.223 e. The quantitative estimate of drug-likeness (QED) is 0.857. The van der Waals surface area contributed by atoms with Crippen molar-refractivity contribution in [3.8, 4) is 0 Å². The molecular formula is C15H18BrNO2. The SMILES string of the molecule is Cc1ccc(Br)cc1CCC(=O)N1CCCC(=O)C1. The van der Waals surface area contributed by atoms with Crippen LogP contribution in [0.2, 0.25) is 0 Å². The van der Waals surface area contributed by atoms with Crippen LogP contribution in [0.4, 0.5) is 0 Å². The van der Waals surface area contributed by atoms with E-state index in [0.717, 1.165) is 23.9 Å². The Morgan fingerprint density at radius 3 is 2.95 bits per heavy atom. The molecule has 4 heteroatoms. The van der Waals surface area contributed by atoms with Crippen LogP contribution in [-0.2, 0) is 16.0 Å². The van der Waals surface area contributed by atoms with E-state index in [1.807, 2.05) is 12.1 Å². The van der Waals surface area contributed by atoms with Crippen molar-refractivity contribution in [3.63, 3.8) is 0 Å². The van der Waals surface area contributed by atoms with Crippen molar-refractivity contribution >= 4 is 27.6 Å². The molecule has 0 aromatic heterocycles. The monoisotopic (exact) mass is 323 g/mol.